The van der Waals surface area contributed by atoms with Crippen LogP contribution in [-0.4, -0.2) is 28.5 Å². The highest BCUT2D eigenvalue weighted by Crippen LogP contribution is 2.35. The predicted molar refractivity (Wildman–Crippen MR) is 94.5 cm³/mol. The van der Waals surface area contributed by atoms with Gasteiger partial charge in [0, 0.05) is 24.4 Å². The third-order valence-corrected chi connectivity index (χ3v) is 4.71. The van der Waals surface area contributed by atoms with E-state index in [1.165, 1.54) is 12.1 Å². The van der Waals surface area contributed by atoms with Crippen molar-refractivity contribution >= 4 is 6.03 Å². The molecule has 5 heteroatoms. The van der Waals surface area contributed by atoms with Gasteiger partial charge in [-0.2, -0.15) is 0 Å². The van der Waals surface area contributed by atoms with E-state index in [9.17, 15) is 9.18 Å². The van der Waals surface area contributed by atoms with Crippen LogP contribution < -0.4 is 5.32 Å². The van der Waals surface area contributed by atoms with E-state index < -0.39 is 0 Å². The number of urea groups is 1. The Bertz CT molecular complexity index is 895. The average molecular weight is 337 g/mol. The molecule has 1 saturated heterocycles. The number of aryl methyl sites for hydroxylation is 1. The molecule has 1 N–H and O–H groups in total. The number of nitrogens with one attached hydrogen (secondary N) is 1. The lowest BCUT2D eigenvalue weighted by molar-refractivity contribution is 0.187. The molecule has 2 amide bonds. The van der Waals surface area contributed by atoms with Crippen LogP contribution in [0, 0.1) is 24.6 Å². The van der Waals surface area contributed by atoms with Crippen LogP contribution in [0.3, 0.4) is 0 Å². The molecule has 1 aliphatic heterocycles. The Hall–Kier alpha value is -2.87. The molecule has 0 aliphatic carbocycles. The van der Waals surface area contributed by atoms with Crippen LogP contribution in [0.1, 0.15) is 42.3 Å². The fourth-order valence-corrected chi connectivity index (χ4v) is 2.92. The van der Waals surface area contributed by atoms with E-state index in [1.807, 2.05) is 26.8 Å². The van der Waals surface area contributed by atoms with Gasteiger partial charge in [-0.3, -0.25) is 4.98 Å². The van der Waals surface area contributed by atoms with Crippen molar-refractivity contribution in [3.63, 3.8) is 0 Å². The van der Waals surface area contributed by atoms with Crippen molar-refractivity contribution in [3.05, 3.63) is 64.7 Å². The molecule has 128 valence electrons. The molecule has 1 aromatic heterocycles. The van der Waals surface area contributed by atoms with Gasteiger partial charge in [0.15, 0.2) is 0 Å². The first kappa shape index (κ1) is 17.0. The highest BCUT2D eigenvalue weighted by Gasteiger charge is 2.45. The first-order valence-corrected chi connectivity index (χ1v) is 8.07. The van der Waals surface area contributed by atoms with Gasteiger partial charge < -0.3 is 10.2 Å². The molecule has 1 aromatic carbocycles. The molecule has 0 bridgehead atoms. The van der Waals surface area contributed by atoms with Crippen LogP contribution in [0.4, 0.5) is 9.18 Å². The summed E-state index contributed by atoms with van der Waals surface area (Å²) in [6, 6.07) is 7.83. The monoisotopic (exact) mass is 337 g/mol. The summed E-state index contributed by atoms with van der Waals surface area (Å²) in [7, 11) is 1.78. The summed E-state index contributed by atoms with van der Waals surface area (Å²) in [6.07, 6.45) is 1.69. The van der Waals surface area contributed by atoms with Crippen molar-refractivity contribution in [2.75, 3.05) is 7.05 Å². The number of amides is 2. The Morgan fingerprint density at radius 2 is 1.96 bits per heavy atom. The normalized spacial score (nSPS) is 18.5. The Morgan fingerprint density at radius 3 is 2.56 bits per heavy atom. The van der Waals surface area contributed by atoms with Crippen LogP contribution >= 0.6 is 0 Å². The number of pyridine rings is 1. The van der Waals surface area contributed by atoms with Gasteiger partial charge in [0.25, 0.3) is 0 Å². The highest BCUT2D eigenvalue weighted by atomic mass is 19.1. The number of rotatable bonds is 1. The minimum Gasteiger partial charge on any atom is -0.327 e. The molecule has 0 radical (unpaired) electrons. The second-order valence-corrected chi connectivity index (χ2v) is 6.78. The summed E-state index contributed by atoms with van der Waals surface area (Å²) in [6.45, 7) is 5.97. The van der Waals surface area contributed by atoms with Crippen LogP contribution in [0.15, 0.2) is 36.5 Å². The number of hydrogen-bond acceptors (Lipinski definition) is 2. The fraction of sp³-hybridized carbons (Fsp3) is 0.300. The molecular weight excluding hydrogens is 317 g/mol. The molecule has 1 atom stereocenters. The van der Waals surface area contributed by atoms with Crippen molar-refractivity contribution in [3.8, 4) is 11.8 Å². The first-order chi connectivity index (χ1) is 11.8. The molecule has 0 saturated carbocycles. The number of benzene rings is 1. The number of likely N-dealkylation sites (N-methyl/N-ethyl adjacent to an activating group) is 1. The van der Waals surface area contributed by atoms with Gasteiger partial charge in [0.2, 0.25) is 0 Å². The van der Waals surface area contributed by atoms with Gasteiger partial charge in [-0.1, -0.05) is 17.9 Å². The van der Waals surface area contributed by atoms with Crippen molar-refractivity contribution in [1.82, 2.24) is 15.2 Å². The molecular formula is C20H20FN3O. The molecule has 1 fully saturated rings. The Labute approximate surface area is 147 Å². The molecule has 1 unspecified atom stereocenters. The van der Waals surface area contributed by atoms with E-state index in [2.05, 4.69) is 22.1 Å². The van der Waals surface area contributed by atoms with E-state index in [1.54, 1.807) is 30.3 Å². The SMILES string of the molecule is Cc1cc(C#Cc2cccc(F)c2)cnc1C1NC(=O)N(C)C1(C)C. The first-order valence-electron chi connectivity index (χ1n) is 8.07. The number of aromatic nitrogens is 1. The van der Waals surface area contributed by atoms with Gasteiger partial charge in [-0.05, 0) is 50.6 Å². The van der Waals surface area contributed by atoms with E-state index in [4.69, 9.17) is 0 Å². The highest BCUT2D eigenvalue weighted by molar-refractivity contribution is 5.78. The smallest absolute Gasteiger partial charge is 0.318 e. The minimum atomic E-state index is -0.371. The Kier molecular flexibility index (Phi) is 4.22. The zero-order valence-electron chi connectivity index (χ0n) is 14.7. The standard InChI is InChI=1S/C20H20FN3O/c1-13-10-15(9-8-14-6-5-7-16(21)11-14)12-22-17(13)18-20(2,3)24(4)19(25)23-18/h5-7,10-12,18H,1-4H3,(H,23,25). The zero-order chi connectivity index (χ0) is 18.2. The van der Waals surface area contributed by atoms with Crippen LogP contribution in [0.25, 0.3) is 0 Å². The molecule has 3 rings (SSSR count). The molecule has 0 spiro atoms. The maximum absolute atomic E-state index is 13.2. The summed E-state index contributed by atoms with van der Waals surface area (Å²) in [5.41, 5.74) is 2.79. The lowest BCUT2D eigenvalue weighted by Crippen LogP contribution is -2.40. The minimum absolute atomic E-state index is 0.105. The van der Waals surface area contributed by atoms with Crippen molar-refractivity contribution in [1.29, 1.82) is 0 Å². The largest absolute Gasteiger partial charge is 0.327 e. The van der Waals surface area contributed by atoms with E-state index >= 15 is 0 Å². The number of nitrogens with zero attached hydrogens (tertiary/aromatic N) is 2. The second kappa shape index (κ2) is 6.21. The maximum Gasteiger partial charge on any atom is 0.318 e. The van der Waals surface area contributed by atoms with Gasteiger partial charge in [0.05, 0.1) is 17.3 Å². The molecule has 2 heterocycles. The molecule has 1 aliphatic rings. The van der Waals surface area contributed by atoms with Gasteiger partial charge >= 0.3 is 6.03 Å². The summed E-state index contributed by atoms with van der Waals surface area (Å²) in [4.78, 5) is 18.2. The van der Waals surface area contributed by atoms with Gasteiger partial charge in [-0.25, -0.2) is 9.18 Å². The lowest BCUT2D eigenvalue weighted by Gasteiger charge is -2.31. The number of hydrogen-bond donors (Lipinski definition) is 1. The van der Waals surface area contributed by atoms with Crippen LogP contribution in [0.2, 0.25) is 0 Å². The predicted octanol–water partition coefficient (Wildman–Crippen LogP) is 3.40. The topological polar surface area (TPSA) is 45.2 Å². The Morgan fingerprint density at radius 1 is 1.24 bits per heavy atom. The van der Waals surface area contributed by atoms with Crippen LogP contribution in [0.5, 0.6) is 0 Å². The number of halogens is 1. The lowest BCUT2D eigenvalue weighted by atomic mass is 9.90. The average Bonchev–Trinajstić information content (AvgIpc) is 2.76. The van der Waals surface area contributed by atoms with Crippen LogP contribution in [-0.2, 0) is 0 Å². The molecule has 4 nitrogen and oxygen atoms in total. The fourth-order valence-electron chi connectivity index (χ4n) is 2.92. The van der Waals surface area contributed by atoms with Crippen molar-refractivity contribution in [2.24, 2.45) is 0 Å². The van der Waals surface area contributed by atoms with Gasteiger partial charge in [0.1, 0.15) is 5.82 Å². The quantitative estimate of drug-likeness (QED) is 0.811. The van der Waals surface area contributed by atoms with E-state index in [0.29, 0.717) is 5.56 Å². The summed E-state index contributed by atoms with van der Waals surface area (Å²) < 4.78 is 13.2. The molecule has 2 aromatic rings. The van der Waals surface area contributed by atoms with Crippen molar-refractivity contribution in [2.45, 2.75) is 32.4 Å². The summed E-state index contributed by atoms with van der Waals surface area (Å²) in [5.74, 6) is 5.64. The molecule has 25 heavy (non-hydrogen) atoms. The van der Waals surface area contributed by atoms with Gasteiger partial charge in [-0.15, -0.1) is 0 Å². The van der Waals surface area contributed by atoms with E-state index in [-0.39, 0.29) is 23.4 Å². The third kappa shape index (κ3) is 3.20. The third-order valence-electron chi connectivity index (χ3n) is 4.71. The van der Waals surface area contributed by atoms with Crippen molar-refractivity contribution < 1.29 is 9.18 Å². The summed E-state index contributed by atoms with van der Waals surface area (Å²) in [5, 5.41) is 2.98. The zero-order valence-corrected chi connectivity index (χ0v) is 14.7. The maximum atomic E-state index is 13.2. The van der Waals surface area contributed by atoms with E-state index in [0.717, 1.165) is 16.8 Å². The Balaban J connectivity index is 1.89. The number of carbonyl (C=O) groups is 1. The number of carbonyl (C=O) groups excluding carboxylic acids is 1. The second-order valence-electron chi connectivity index (χ2n) is 6.78. The summed E-state index contributed by atoms with van der Waals surface area (Å²) >= 11 is 0.